The molecule has 0 rings (SSSR count). The first-order valence-electron chi connectivity index (χ1n) is 10.8. The number of azo groups is 1. The van der Waals surface area contributed by atoms with Crippen molar-refractivity contribution in [2.24, 2.45) is 10.2 Å². The Morgan fingerprint density at radius 1 is 0.793 bits per heavy atom. The molecule has 1 N–H and O–H groups in total. The Balaban J connectivity index is 4.67. The summed E-state index contributed by atoms with van der Waals surface area (Å²) in [5.41, 5.74) is 0. The van der Waals surface area contributed by atoms with Crippen LogP contribution in [0.1, 0.15) is 72.6 Å². The molecule has 0 atom stereocenters. The maximum Gasteiger partial charge on any atom is 0.501 e. The second-order valence-electron chi connectivity index (χ2n) is 6.52. The average Bonchev–Trinajstić information content (AvgIpc) is 2.70. The van der Waals surface area contributed by atoms with Crippen LogP contribution in [0.4, 0.5) is 9.59 Å². The van der Waals surface area contributed by atoms with Crippen molar-refractivity contribution in [3.63, 3.8) is 0 Å². The molecule has 0 saturated carbocycles. The van der Waals surface area contributed by atoms with Crippen LogP contribution < -0.4 is 5.32 Å². The molecule has 0 saturated heterocycles. The summed E-state index contributed by atoms with van der Waals surface area (Å²) in [5.74, 6) is 0. The van der Waals surface area contributed by atoms with Gasteiger partial charge < -0.3 is 23.3 Å². The van der Waals surface area contributed by atoms with Crippen LogP contribution in [0.3, 0.4) is 0 Å². The zero-order chi connectivity index (χ0) is 21.8. The molecule has 0 aromatic rings. The van der Waals surface area contributed by atoms with Crippen molar-refractivity contribution in [3.05, 3.63) is 0 Å². The molecular formula is C19H39N3O6Si. The van der Waals surface area contributed by atoms with Crippen LogP contribution in [0.25, 0.3) is 0 Å². The van der Waals surface area contributed by atoms with Crippen molar-refractivity contribution in [2.75, 3.05) is 33.0 Å². The van der Waals surface area contributed by atoms with Gasteiger partial charge in [-0.3, -0.25) is 0 Å². The van der Waals surface area contributed by atoms with Crippen molar-refractivity contribution in [1.82, 2.24) is 5.32 Å². The van der Waals surface area contributed by atoms with E-state index >= 15 is 0 Å². The van der Waals surface area contributed by atoms with E-state index in [9.17, 15) is 9.59 Å². The Labute approximate surface area is 176 Å². The van der Waals surface area contributed by atoms with Gasteiger partial charge in [0.15, 0.2) is 0 Å². The highest BCUT2D eigenvalue weighted by Crippen LogP contribution is 2.20. The van der Waals surface area contributed by atoms with Crippen LogP contribution in [0.2, 0.25) is 6.04 Å². The van der Waals surface area contributed by atoms with Gasteiger partial charge in [-0.05, 0) is 32.6 Å². The lowest BCUT2D eigenvalue weighted by Crippen LogP contribution is -2.47. The maximum atomic E-state index is 11.6. The van der Waals surface area contributed by atoms with E-state index in [1.165, 1.54) is 0 Å². The summed E-state index contributed by atoms with van der Waals surface area (Å²) < 4.78 is 23.0. The molecule has 0 aromatic heterocycles. The van der Waals surface area contributed by atoms with Crippen LogP contribution >= 0.6 is 0 Å². The number of carbonyl (C=O) groups is 2. The fraction of sp³-hybridized carbons (Fsp3) is 0.895. The number of amides is 3. The third-order valence-electron chi connectivity index (χ3n) is 3.89. The van der Waals surface area contributed by atoms with Crippen LogP contribution in [0, 0.1) is 0 Å². The normalized spacial score (nSPS) is 11.7. The number of urea groups is 1. The van der Waals surface area contributed by atoms with Gasteiger partial charge in [-0.2, -0.15) is 0 Å². The Morgan fingerprint density at radius 3 is 1.76 bits per heavy atom. The van der Waals surface area contributed by atoms with Crippen molar-refractivity contribution >= 4 is 20.9 Å². The van der Waals surface area contributed by atoms with Crippen molar-refractivity contribution in [2.45, 2.75) is 78.7 Å². The van der Waals surface area contributed by atoms with Crippen LogP contribution in [-0.4, -0.2) is 53.9 Å². The Bertz CT molecular complexity index is 439. The lowest BCUT2D eigenvalue weighted by Gasteiger charge is -2.30. The van der Waals surface area contributed by atoms with Gasteiger partial charge in [0.05, 0.1) is 6.61 Å². The van der Waals surface area contributed by atoms with E-state index in [0.29, 0.717) is 38.8 Å². The van der Waals surface area contributed by atoms with E-state index in [-0.39, 0.29) is 6.61 Å². The van der Waals surface area contributed by atoms with Gasteiger partial charge in [-0.15, -0.1) is 0 Å². The molecule has 0 bridgehead atoms. The highest BCUT2D eigenvalue weighted by molar-refractivity contribution is 6.60. The summed E-state index contributed by atoms with van der Waals surface area (Å²) in [5, 5.41) is 9.06. The molecular weight excluding hydrogens is 394 g/mol. The van der Waals surface area contributed by atoms with E-state index in [1.54, 1.807) is 6.92 Å². The predicted octanol–water partition coefficient (Wildman–Crippen LogP) is 5.08. The molecule has 0 aliphatic rings. The van der Waals surface area contributed by atoms with Gasteiger partial charge in [-0.1, -0.05) is 50.3 Å². The number of carbonyl (C=O) groups excluding carboxylic acids is 2. The first kappa shape index (κ1) is 27.6. The quantitative estimate of drug-likeness (QED) is 0.195. The molecule has 0 fully saturated rings. The topological polar surface area (TPSA) is 108 Å². The molecule has 0 radical (unpaired) electrons. The molecule has 10 heteroatoms. The third kappa shape index (κ3) is 15.2. The third-order valence-corrected chi connectivity index (χ3v) is 6.78. The number of rotatable bonds is 17. The molecule has 0 heterocycles. The van der Waals surface area contributed by atoms with Gasteiger partial charge in [0.2, 0.25) is 0 Å². The molecule has 0 aromatic carbocycles. The van der Waals surface area contributed by atoms with E-state index in [0.717, 1.165) is 38.5 Å². The average molecular weight is 434 g/mol. The van der Waals surface area contributed by atoms with E-state index in [2.05, 4.69) is 41.1 Å². The minimum absolute atomic E-state index is 0.181. The fourth-order valence-electron chi connectivity index (χ4n) is 2.23. The predicted molar refractivity (Wildman–Crippen MR) is 113 cm³/mol. The van der Waals surface area contributed by atoms with Crippen molar-refractivity contribution < 1.29 is 27.6 Å². The second kappa shape index (κ2) is 18.7. The molecule has 3 amide bonds. The molecule has 0 unspecified atom stereocenters. The number of nitrogens with zero attached hydrogens (tertiary/aromatic N) is 2. The number of unbranched alkanes of at least 4 members (excludes halogenated alkanes) is 3. The molecule has 9 nitrogen and oxygen atoms in total. The largest absolute Gasteiger partial charge is 0.501 e. The Morgan fingerprint density at radius 2 is 1.31 bits per heavy atom. The standard InChI is InChI=1S/C19H39N3O6Si/c1-5-9-14-26-29(27-15-10-6-2,28-16-11-7-3)17-12-13-20-18(23)21-22-19(24)25-8-4/h5-17H2,1-4H3,(H,20,23)/b22-21+. The smallest absolute Gasteiger partial charge is 0.447 e. The Kier molecular flexibility index (Phi) is 17.8. The first-order chi connectivity index (χ1) is 14.0. The minimum Gasteiger partial charge on any atom is -0.447 e. The van der Waals surface area contributed by atoms with Crippen LogP contribution in [0.5, 0.6) is 0 Å². The maximum absolute atomic E-state index is 11.6. The van der Waals surface area contributed by atoms with Gasteiger partial charge in [0, 0.05) is 32.4 Å². The van der Waals surface area contributed by atoms with Gasteiger partial charge in [-0.25, -0.2) is 9.59 Å². The first-order valence-corrected chi connectivity index (χ1v) is 12.7. The number of hydrogen-bond acceptors (Lipinski definition) is 6. The van der Waals surface area contributed by atoms with Gasteiger partial charge in [0.1, 0.15) is 0 Å². The highest BCUT2D eigenvalue weighted by atomic mass is 28.4. The van der Waals surface area contributed by atoms with Crippen LogP contribution in [0.15, 0.2) is 10.2 Å². The molecule has 0 aliphatic carbocycles. The molecule has 170 valence electrons. The number of ether oxygens (including phenoxy) is 1. The summed E-state index contributed by atoms with van der Waals surface area (Å²) in [6, 6.07) is -0.0737. The Hall–Kier alpha value is -1.36. The van der Waals surface area contributed by atoms with E-state index in [4.69, 9.17) is 13.3 Å². The number of nitrogens with one attached hydrogen (secondary N) is 1. The zero-order valence-corrected chi connectivity index (χ0v) is 19.5. The summed E-state index contributed by atoms with van der Waals surface area (Å²) in [6.07, 6.45) is 5.71. The summed E-state index contributed by atoms with van der Waals surface area (Å²) in [4.78, 5) is 22.7. The van der Waals surface area contributed by atoms with E-state index < -0.39 is 20.9 Å². The molecule has 0 aliphatic heterocycles. The molecule has 29 heavy (non-hydrogen) atoms. The van der Waals surface area contributed by atoms with E-state index in [1.807, 2.05) is 0 Å². The van der Waals surface area contributed by atoms with Crippen molar-refractivity contribution in [1.29, 1.82) is 0 Å². The van der Waals surface area contributed by atoms with Crippen molar-refractivity contribution in [3.8, 4) is 0 Å². The fourth-order valence-corrected chi connectivity index (χ4v) is 4.89. The minimum atomic E-state index is -2.81. The summed E-state index contributed by atoms with van der Waals surface area (Å²) in [6.45, 7) is 10.4. The SMILES string of the molecule is CCCCO[Si](CCCNC(=O)/N=N/C(=O)OCC)(OCCCC)OCCCC. The zero-order valence-electron chi connectivity index (χ0n) is 18.5. The lowest BCUT2D eigenvalue weighted by atomic mass is 10.4. The lowest BCUT2D eigenvalue weighted by molar-refractivity contribution is 0.0558. The molecule has 0 spiro atoms. The monoisotopic (exact) mass is 433 g/mol. The van der Waals surface area contributed by atoms with Gasteiger partial charge >= 0.3 is 20.9 Å². The van der Waals surface area contributed by atoms with Crippen LogP contribution in [-0.2, 0) is 18.0 Å². The summed E-state index contributed by atoms with van der Waals surface area (Å²) in [7, 11) is -2.81. The second-order valence-corrected chi connectivity index (χ2v) is 9.26. The highest BCUT2D eigenvalue weighted by Gasteiger charge is 2.40. The number of hydrogen-bond donors (Lipinski definition) is 1. The van der Waals surface area contributed by atoms with Gasteiger partial charge in [0.25, 0.3) is 0 Å². The summed E-state index contributed by atoms with van der Waals surface area (Å²) >= 11 is 0.